The van der Waals surface area contributed by atoms with Crippen molar-refractivity contribution in [3.05, 3.63) is 35.9 Å². The first kappa shape index (κ1) is 10.3. The molecule has 0 aliphatic carbocycles. The Bertz CT molecular complexity index is 318. The number of carbonyl (C=O) groups excluding carboxylic acids is 1. The van der Waals surface area contributed by atoms with E-state index in [1.165, 1.54) is 0 Å². The Morgan fingerprint density at radius 1 is 1.43 bits per heavy atom. The van der Waals surface area contributed by atoms with Crippen LogP contribution in [-0.4, -0.2) is 20.2 Å². The largest absolute Gasteiger partial charge is 0.497 e. The molecule has 14 heavy (non-hydrogen) atoms. The molecule has 0 N–H and O–H groups in total. The highest BCUT2D eigenvalue weighted by molar-refractivity contribution is 5.52. The fourth-order valence-corrected chi connectivity index (χ4v) is 1.02. The van der Waals surface area contributed by atoms with Gasteiger partial charge in [0.1, 0.15) is 12.4 Å². The average molecular weight is 192 g/mol. The van der Waals surface area contributed by atoms with Crippen LogP contribution in [0.15, 0.2) is 30.3 Å². The van der Waals surface area contributed by atoms with E-state index in [0.29, 0.717) is 13.1 Å². The highest BCUT2D eigenvalue weighted by Crippen LogP contribution is 2.13. The van der Waals surface area contributed by atoms with E-state index in [1.54, 1.807) is 13.2 Å². The van der Waals surface area contributed by atoms with Gasteiger partial charge in [0, 0.05) is 0 Å². The van der Waals surface area contributed by atoms with Crippen LogP contribution in [-0.2, 0) is 9.53 Å². The molecular formula is C11H12O3. The van der Waals surface area contributed by atoms with E-state index in [1.807, 2.05) is 30.3 Å². The Morgan fingerprint density at radius 2 is 2.29 bits per heavy atom. The second-order valence-electron chi connectivity index (χ2n) is 2.61. The lowest BCUT2D eigenvalue weighted by atomic mass is 10.2. The lowest BCUT2D eigenvalue weighted by Crippen LogP contribution is -1.86. The molecule has 3 heteroatoms. The molecule has 0 spiro atoms. The molecule has 0 bridgehead atoms. The van der Waals surface area contributed by atoms with E-state index >= 15 is 0 Å². The van der Waals surface area contributed by atoms with Gasteiger partial charge in [-0.2, -0.15) is 0 Å². The van der Waals surface area contributed by atoms with Gasteiger partial charge >= 0.3 is 0 Å². The van der Waals surface area contributed by atoms with Crippen LogP contribution in [0, 0.1) is 0 Å². The number of rotatable bonds is 5. The van der Waals surface area contributed by atoms with Crippen LogP contribution in [0.25, 0.3) is 6.08 Å². The monoisotopic (exact) mass is 192 g/mol. The SMILES string of the molecule is COc1cccc(/C=C/COC=O)c1. The Hall–Kier alpha value is -1.77. The highest BCUT2D eigenvalue weighted by Gasteiger charge is 1.90. The van der Waals surface area contributed by atoms with Gasteiger partial charge in [0.15, 0.2) is 0 Å². The fourth-order valence-electron chi connectivity index (χ4n) is 1.02. The predicted octanol–water partition coefficient (Wildman–Crippen LogP) is 1.88. The van der Waals surface area contributed by atoms with Gasteiger partial charge in [-0.05, 0) is 23.8 Å². The molecule has 0 atom stereocenters. The number of methoxy groups -OCH3 is 1. The summed E-state index contributed by atoms with van der Waals surface area (Å²) in [6, 6.07) is 7.62. The molecule has 1 rings (SSSR count). The Balaban J connectivity index is 2.57. The average Bonchev–Trinajstić information content (AvgIpc) is 2.25. The van der Waals surface area contributed by atoms with Crippen molar-refractivity contribution in [3.8, 4) is 5.75 Å². The number of hydrogen-bond donors (Lipinski definition) is 0. The summed E-state index contributed by atoms with van der Waals surface area (Å²) in [7, 11) is 1.62. The maximum atomic E-state index is 9.84. The third-order valence-electron chi connectivity index (χ3n) is 1.66. The zero-order chi connectivity index (χ0) is 10.2. The van der Waals surface area contributed by atoms with Crippen molar-refractivity contribution in [2.75, 3.05) is 13.7 Å². The van der Waals surface area contributed by atoms with Crippen LogP contribution in [0.5, 0.6) is 5.75 Å². The molecule has 1 aromatic carbocycles. The first-order valence-corrected chi connectivity index (χ1v) is 4.22. The zero-order valence-electron chi connectivity index (χ0n) is 7.97. The number of hydrogen-bond acceptors (Lipinski definition) is 3. The summed E-state index contributed by atoms with van der Waals surface area (Å²) in [5.74, 6) is 0.809. The van der Waals surface area contributed by atoms with Crippen molar-refractivity contribution in [1.82, 2.24) is 0 Å². The van der Waals surface area contributed by atoms with Gasteiger partial charge < -0.3 is 9.47 Å². The third-order valence-corrected chi connectivity index (χ3v) is 1.66. The van der Waals surface area contributed by atoms with Crippen molar-refractivity contribution in [1.29, 1.82) is 0 Å². The molecule has 0 saturated heterocycles. The van der Waals surface area contributed by atoms with E-state index in [4.69, 9.17) is 4.74 Å². The van der Waals surface area contributed by atoms with Crippen LogP contribution in [0.3, 0.4) is 0 Å². The van der Waals surface area contributed by atoms with Gasteiger partial charge in [-0.15, -0.1) is 0 Å². The summed E-state index contributed by atoms with van der Waals surface area (Å²) in [6.45, 7) is 0.719. The molecule has 0 heterocycles. The molecule has 0 radical (unpaired) electrons. The van der Waals surface area contributed by atoms with Crippen LogP contribution >= 0.6 is 0 Å². The van der Waals surface area contributed by atoms with Gasteiger partial charge in [0.2, 0.25) is 0 Å². The van der Waals surface area contributed by atoms with E-state index in [9.17, 15) is 4.79 Å². The number of benzene rings is 1. The molecule has 0 unspecified atom stereocenters. The van der Waals surface area contributed by atoms with Crippen molar-refractivity contribution in [3.63, 3.8) is 0 Å². The minimum Gasteiger partial charge on any atom is -0.497 e. The summed E-state index contributed by atoms with van der Waals surface area (Å²) in [5, 5.41) is 0. The molecule has 0 aliphatic heterocycles. The first-order valence-electron chi connectivity index (χ1n) is 4.22. The Morgan fingerprint density at radius 3 is 3.00 bits per heavy atom. The molecule has 0 saturated carbocycles. The second-order valence-corrected chi connectivity index (χ2v) is 2.61. The minimum atomic E-state index is 0.292. The topological polar surface area (TPSA) is 35.5 Å². The highest BCUT2D eigenvalue weighted by atomic mass is 16.5. The minimum absolute atomic E-state index is 0.292. The lowest BCUT2D eigenvalue weighted by molar-refractivity contribution is -0.127. The molecular weight excluding hydrogens is 180 g/mol. The maximum Gasteiger partial charge on any atom is 0.293 e. The van der Waals surface area contributed by atoms with Gasteiger partial charge in [-0.25, -0.2) is 0 Å². The number of carbonyl (C=O) groups is 1. The molecule has 0 amide bonds. The smallest absolute Gasteiger partial charge is 0.293 e. The molecule has 3 nitrogen and oxygen atoms in total. The molecule has 0 aromatic heterocycles. The van der Waals surface area contributed by atoms with Crippen LogP contribution in [0.1, 0.15) is 5.56 Å². The molecule has 0 fully saturated rings. The second kappa shape index (κ2) is 5.80. The van der Waals surface area contributed by atoms with Crippen molar-refractivity contribution < 1.29 is 14.3 Å². The normalized spacial score (nSPS) is 10.1. The molecule has 0 aliphatic rings. The van der Waals surface area contributed by atoms with Crippen LogP contribution < -0.4 is 4.74 Å². The van der Waals surface area contributed by atoms with Crippen molar-refractivity contribution in [2.45, 2.75) is 0 Å². The summed E-state index contributed by atoms with van der Waals surface area (Å²) >= 11 is 0. The van der Waals surface area contributed by atoms with E-state index < -0.39 is 0 Å². The molecule has 1 aromatic rings. The van der Waals surface area contributed by atoms with Gasteiger partial charge in [0.25, 0.3) is 6.47 Å². The number of ether oxygens (including phenoxy) is 2. The zero-order valence-corrected chi connectivity index (χ0v) is 7.97. The summed E-state index contributed by atoms with van der Waals surface area (Å²) in [5.41, 5.74) is 1.01. The van der Waals surface area contributed by atoms with Crippen molar-refractivity contribution >= 4 is 12.5 Å². The van der Waals surface area contributed by atoms with Gasteiger partial charge in [-0.1, -0.05) is 18.2 Å². The quantitative estimate of drug-likeness (QED) is 0.528. The lowest BCUT2D eigenvalue weighted by Gasteiger charge is -1.99. The van der Waals surface area contributed by atoms with E-state index in [-0.39, 0.29) is 0 Å². The van der Waals surface area contributed by atoms with Gasteiger partial charge in [0.05, 0.1) is 7.11 Å². The fraction of sp³-hybridized carbons (Fsp3) is 0.182. The van der Waals surface area contributed by atoms with Crippen LogP contribution in [0.2, 0.25) is 0 Å². The van der Waals surface area contributed by atoms with E-state index in [0.717, 1.165) is 11.3 Å². The summed E-state index contributed by atoms with van der Waals surface area (Å²) in [6.07, 6.45) is 3.63. The van der Waals surface area contributed by atoms with Crippen LogP contribution in [0.4, 0.5) is 0 Å². The predicted molar refractivity (Wildman–Crippen MR) is 54.0 cm³/mol. The first-order chi connectivity index (χ1) is 6.86. The Labute approximate surface area is 83.0 Å². The summed E-state index contributed by atoms with van der Waals surface area (Å²) < 4.78 is 9.57. The Kier molecular flexibility index (Phi) is 4.27. The van der Waals surface area contributed by atoms with Gasteiger partial charge in [-0.3, -0.25) is 4.79 Å². The standard InChI is InChI=1S/C11H12O3/c1-13-11-6-2-4-10(8-11)5-3-7-14-9-12/h2-6,8-9H,7H2,1H3/b5-3+. The summed E-state index contributed by atoms with van der Waals surface area (Å²) in [4.78, 5) is 9.84. The third kappa shape index (κ3) is 3.31. The van der Waals surface area contributed by atoms with E-state index in [2.05, 4.69) is 4.74 Å². The van der Waals surface area contributed by atoms with Crippen molar-refractivity contribution in [2.24, 2.45) is 0 Å². The maximum absolute atomic E-state index is 9.84. The molecule has 74 valence electrons.